The molecule has 0 aliphatic carbocycles. The minimum absolute atomic E-state index is 0.0361. The van der Waals surface area contributed by atoms with Crippen LogP contribution in [0.2, 0.25) is 0 Å². The molecule has 1 atom stereocenters. The van der Waals surface area contributed by atoms with Crippen molar-refractivity contribution in [1.82, 2.24) is 15.3 Å². The average Bonchev–Trinajstić information content (AvgIpc) is 2.68. The summed E-state index contributed by atoms with van der Waals surface area (Å²) in [6.07, 6.45) is 1.44. The number of aromatic nitrogens is 2. The molecule has 0 spiro atoms. The maximum Gasteiger partial charge on any atom is 0.359 e. The molecule has 3 amide bonds. The van der Waals surface area contributed by atoms with Gasteiger partial charge in [0.1, 0.15) is 13.2 Å². The minimum atomic E-state index is -1.21. The van der Waals surface area contributed by atoms with E-state index in [4.69, 9.17) is 14.2 Å². The SMILES string of the molecule is Cc1cnc(C(=O)O[C@@H](C)C(=O)NC(=O)Nc2ccc3c(c2)OCCO3)cn1. The zero-order chi connectivity index (χ0) is 20.1. The number of esters is 1. The number of amides is 3. The zero-order valence-electron chi connectivity index (χ0n) is 15.2. The highest BCUT2D eigenvalue weighted by molar-refractivity contribution is 6.03. The first-order valence-corrected chi connectivity index (χ1v) is 8.43. The number of carbonyl (C=O) groups excluding carboxylic acids is 3. The van der Waals surface area contributed by atoms with E-state index < -0.39 is 24.0 Å². The van der Waals surface area contributed by atoms with Crippen LogP contribution in [-0.4, -0.2) is 47.2 Å². The van der Waals surface area contributed by atoms with Crippen molar-refractivity contribution < 1.29 is 28.6 Å². The van der Waals surface area contributed by atoms with Crippen LogP contribution in [0.1, 0.15) is 23.1 Å². The Bertz CT molecular complexity index is 899. The number of nitrogens with zero attached hydrogens (tertiary/aromatic N) is 2. The summed E-state index contributed by atoms with van der Waals surface area (Å²) in [5, 5.41) is 4.60. The standard InChI is InChI=1S/C18H18N4O6/c1-10-8-20-13(9-19-10)17(24)28-11(2)16(23)22-18(25)21-12-3-4-14-15(7-12)27-6-5-26-14/h3-4,7-9,11H,5-6H2,1-2H3,(H2,21,22,23,25)/t11-/m0/s1. The van der Waals surface area contributed by atoms with Crippen LogP contribution in [-0.2, 0) is 9.53 Å². The van der Waals surface area contributed by atoms with Crippen molar-refractivity contribution in [2.24, 2.45) is 0 Å². The quantitative estimate of drug-likeness (QED) is 0.756. The number of anilines is 1. The molecule has 146 valence electrons. The first-order chi connectivity index (χ1) is 13.4. The summed E-state index contributed by atoms with van der Waals surface area (Å²) in [5.41, 5.74) is 1.01. The zero-order valence-corrected chi connectivity index (χ0v) is 15.2. The van der Waals surface area contributed by atoms with Gasteiger partial charge >= 0.3 is 12.0 Å². The number of rotatable bonds is 4. The van der Waals surface area contributed by atoms with E-state index in [1.807, 2.05) is 0 Å². The molecule has 0 radical (unpaired) electrons. The van der Waals surface area contributed by atoms with Gasteiger partial charge in [0.2, 0.25) is 0 Å². The average molecular weight is 386 g/mol. The third-order valence-corrected chi connectivity index (χ3v) is 3.68. The van der Waals surface area contributed by atoms with Crippen molar-refractivity contribution in [3.05, 3.63) is 42.0 Å². The van der Waals surface area contributed by atoms with Crippen molar-refractivity contribution in [3.63, 3.8) is 0 Å². The van der Waals surface area contributed by atoms with Crippen LogP contribution >= 0.6 is 0 Å². The molecule has 3 rings (SSSR count). The number of carbonyl (C=O) groups is 3. The molecule has 10 heteroatoms. The van der Waals surface area contributed by atoms with Crippen LogP contribution in [0.4, 0.5) is 10.5 Å². The van der Waals surface area contributed by atoms with E-state index in [1.54, 1.807) is 25.1 Å². The summed E-state index contributed by atoms with van der Waals surface area (Å²) in [4.78, 5) is 43.8. The number of nitrogens with one attached hydrogen (secondary N) is 2. The van der Waals surface area contributed by atoms with Gasteiger partial charge in [0.25, 0.3) is 5.91 Å². The first-order valence-electron chi connectivity index (χ1n) is 8.43. The minimum Gasteiger partial charge on any atom is -0.486 e. The van der Waals surface area contributed by atoms with Crippen LogP contribution in [0, 0.1) is 6.92 Å². The molecule has 2 aromatic rings. The van der Waals surface area contributed by atoms with Gasteiger partial charge in [-0.25, -0.2) is 14.6 Å². The fourth-order valence-corrected chi connectivity index (χ4v) is 2.27. The monoisotopic (exact) mass is 386 g/mol. The molecule has 0 saturated carbocycles. The predicted octanol–water partition coefficient (Wildman–Crippen LogP) is 1.45. The molecule has 0 bridgehead atoms. The van der Waals surface area contributed by atoms with Gasteiger partial charge in [-0.3, -0.25) is 15.1 Å². The number of hydrogen-bond acceptors (Lipinski definition) is 8. The Balaban J connectivity index is 1.52. The van der Waals surface area contributed by atoms with Crippen molar-refractivity contribution in [3.8, 4) is 11.5 Å². The Hall–Kier alpha value is -3.69. The molecular weight excluding hydrogens is 368 g/mol. The lowest BCUT2D eigenvalue weighted by atomic mass is 10.2. The Kier molecular flexibility index (Phi) is 5.68. The normalized spacial score (nSPS) is 13.2. The van der Waals surface area contributed by atoms with Gasteiger partial charge < -0.3 is 19.5 Å². The Morgan fingerprint density at radius 3 is 2.57 bits per heavy atom. The lowest BCUT2D eigenvalue weighted by Gasteiger charge is -2.19. The smallest absolute Gasteiger partial charge is 0.359 e. The summed E-state index contributed by atoms with van der Waals surface area (Å²) in [6, 6.07) is 4.06. The van der Waals surface area contributed by atoms with Gasteiger partial charge in [-0.15, -0.1) is 0 Å². The fraction of sp³-hybridized carbons (Fsp3) is 0.278. The predicted molar refractivity (Wildman–Crippen MR) is 96.2 cm³/mol. The third kappa shape index (κ3) is 4.72. The number of fused-ring (bicyclic) bond motifs is 1. The molecule has 1 aliphatic heterocycles. The van der Waals surface area contributed by atoms with E-state index in [0.717, 1.165) is 0 Å². The largest absolute Gasteiger partial charge is 0.486 e. The first kappa shape index (κ1) is 19.1. The molecule has 28 heavy (non-hydrogen) atoms. The van der Waals surface area contributed by atoms with E-state index in [-0.39, 0.29) is 5.69 Å². The maximum atomic E-state index is 12.1. The van der Waals surface area contributed by atoms with E-state index in [9.17, 15) is 14.4 Å². The van der Waals surface area contributed by atoms with Gasteiger partial charge in [0, 0.05) is 18.0 Å². The highest BCUT2D eigenvalue weighted by atomic mass is 16.6. The second-order valence-electron chi connectivity index (χ2n) is 5.89. The summed E-state index contributed by atoms with van der Waals surface area (Å²) >= 11 is 0. The molecular formula is C18H18N4O6. The fourth-order valence-electron chi connectivity index (χ4n) is 2.27. The molecule has 1 aliphatic rings. The summed E-state index contributed by atoms with van der Waals surface area (Å²) in [7, 11) is 0. The van der Waals surface area contributed by atoms with Gasteiger partial charge in [-0.2, -0.15) is 0 Å². The molecule has 0 unspecified atom stereocenters. The topological polar surface area (TPSA) is 129 Å². The Morgan fingerprint density at radius 2 is 1.86 bits per heavy atom. The lowest BCUT2D eigenvalue weighted by molar-refractivity contribution is -0.127. The van der Waals surface area contributed by atoms with E-state index in [2.05, 4.69) is 20.6 Å². The summed E-state index contributed by atoms with van der Waals surface area (Å²) in [6.45, 7) is 3.93. The molecule has 0 fully saturated rings. The van der Waals surface area contributed by atoms with Gasteiger partial charge in [-0.1, -0.05) is 0 Å². The summed E-state index contributed by atoms with van der Waals surface area (Å²) in [5.74, 6) is -0.532. The second-order valence-corrected chi connectivity index (χ2v) is 5.89. The van der Waals surface area contributed by atoms with Crippen molar-refractivity contribution in [2.75, 3.05) is 18.5 Å². The van der Waals surface area contributed by atoms with Crippen LogP contribution in [0.15, 0.2) is 30.6 Å². The van der Waals surface area contributed by atoms with Crippen molar-refractivity contribution >= 4 is 23.6 Å². The lowest BCUT2D eigenvalue weighted by Crippen LogP contribution is -2.41. The highest BCUT2D eigenvalue weighted by Crippen LogP contribution is 2.32. The molecule has 2 heterocycles. The van der Waals surface area contributed by atoms with Gasteiger partial charge in [-0.05, 0) is 26.0 Å². The number of benzene rings is 1. The van der Waals surface area contributed by atoms with E-state index in [0.29, 0.717) is 36.1 Å². The van der Waals surface area contributed by atoms with Crippen molar-refractivity contribution in [2.45, 2.75) is 20.0 Å². The van der Waals surface area contributed by atoms with Crippen LogP contribution in [0.5, 0.6) is 11.5 Å². The van der Waals surface area contributed by atoms with E-state index >= 15 is 0 Å². The number of aryl methyl sites for hydroxylation is 1. The highest BCUT2D eigenvalue weighted by Gasteiger charge is 2.22. The van der Waals surface area contributed by atoms with Gasteiger partial charge in [0.15, 0.2) is 23.3 Å². The maximum absolute atomic E-state index is 12.1. The third-order valence-electron chi connectivity index (χ3n) is 3.68. The number of urea groups is 1. The van der Waals surface area contributed by atoms with Crippen LogP contribution < -0.4 is 20.1 Å². The van der Waals surface area contributed by atoms with E-state index in [1.165, 1.54) is 19.3 Å². The Labute approximate surface area is 160 Å². The van der Waals surface area contributed by atoms with Crippen LogP contribution in [0.25, 0.3) is 0 Å². The second kappa shape index (κ2) is 8.33. The number of ether oxygens (including phenoxy) is 3. The number of hydrogen-bond donors (Lipinski definition) is 2. The summed E-state index contributed by atoms with van der Waals surface area (Å²) < 4.78 is 15.8. The Morgan fingerprint density at radius 1 is 1.11 bits per heavy atom. The molecule has 2 N–H and O–H groups in total. The molecule has 10 nitrogen and oxygen atoms in total. The molecule has 1 aromatic heterocycles. The van der Waals surface area contributed by atoms with Crippen LogP contribution in [0.3, 0.4) is 0 Å². The number of imide groups is 1. The molecule has 1 aromatic carbocycles. The van der Waals surface area contributed by atoms with Gasteiger partial charge in [0.05, 0.1) is 11.9 Å². The van der Waals surface area contributed by atoms with Crippen molar-refractivity contribution in [1.29, 1.82) is 0 Å². The molecule has 0 saturated heterocycles.